The summed E-state index contributed by atoms with van der Waals surface area (Å²) in [5, 5.41) is 5.21. The lowest BCUT2D eigenvalue weighted by atomic mass is 10.0. The smallest absolute Gasteiger partial charge is 0.263 e. The molecule has 0 radical (unpaired) electrons. The third-order valence-electron chi connectivity index (χ3n) is 5.29. The van der Waals surface area contributed by atoms with Gasteiger partial charge in [0.25, 0.3) is 5.56 Å². The van der Waals surface area contributed by atoms with Crippen molar-refractivity contribution in [2.45, 2.75) is 19.9 Å². The lowest BCUT2D eigenvalue weighted by Crippen LogP contribution is -2.24. The summed E-state index contributed by atoms with van der Waals surface area (Å²) in [6.45, 7) is 1.91. The molecule has 2 aromatic heterocycles. The maximum atomic E-state index is 13.2. The van der Waals surface area contributed by atoms with Crippen molar-refractivity contribution >= 4 is 38.9 Å². The summed E-state index contributed by atoms with van der Waals surface area (Å²) < 4.78 is 1.35. The van der Waals surface area contributed by atoms with Crippen LogP contribution in [0.4, 0.5) is 5.69 Å². The summed E-state index contributed by atoms with van der Waals surface area (Å²) in [5.41, 5.74) is 4.70. The average Bonchev–Trinajstić information content (AvgIpc) is 3.33. The Morgan fingerprint density at radius 2 is 1.97 bits per heavy atom. The minimum atomic E-state index is -0.233. The van der Waals surface area contributed by atoms with Gasteiger partial charge in [-0.25, -0.2) is 4.98 Å². The fourth-order valence-electron chi connectivity index (χ4n) is 3.67. The number of amides is 1. The van der Waals surface area contributed by atoms with E-state index in [0.29, 0.717) is 15.8 Å². The van der Waals surface area contributed by atoms with E-state index in [4.69, 9.17) is 0 Å². The zero-order chi connectivity index (χ0) is 20.8. The van der Waals surface area contributed by atoms with Crippen LogP contribution in [0.15, 0.2) is 59.0 Å². The van der Waals surface area contributed by atoms with Gasteiger partial charge in [0, 0.05) is 22.2 Å². The molecule has 0 atom stereocenters. The Hall–Kier alpha value is -3.58. The van der Waals surface area contributed by atoms with E-state index < -0.39 is 0 Å². The Balaban J connectivity index is 1.50. The van der Waals surface area contributed by atoms with E-state index in [1.54, 1.807) is 18.2 Å². The van der Waals surface area contributed by atoms with E-state index in [2.05, 4.69) is 10.3 Å². The number of ketones is 1. The molecular weight excluding hydrogens is 398 g/mol. The summed E-state index contributed by atoms with van der Waals surface area (Å²) in [7, 11) is 0. The highest BCUT2D eigenvalue weighted by atomic mass is 32.1. The maximum Gasteiger partial charge on any atom is 0.263 e. The number of thiophene rings is 1. The molecule has 1 aliphatic rings. The third kappa shape index (κ3) is 3.13. The summed E-state index contributed by atoms with van der Waals surface area (Å²) in [4.78, 5) is 42.6. The maximum absolute atomic E-state index is 13.2. The molecule has 0 aliphatic carbocycles. The van der Waals surface area contributed by atoms with Crippen LogP contribution in [0.5, 0.6) is 0 Å². The molecule has 1 aliphatic heterocycles. The second-order valence-electron chi connectivity index (χ2n) is 7.39. The predicted octanol–water partition coefficient (Wildman–Crippen LogP) is 3.81. The Kier molecular flexibility index (Phi) is 4.33. The molecule has 0 unspecified atom stereocenters. The van der Waals surface area contributed by atoms with Crippen LogP contribution < -0.4 is 10.9 Å². The van der Waals surface area contributed by atoms with Gasteiger partial charge < -0.3 is 5.32 Å². The first kappa shape index (κ1) is 18.4. The standard InChI is InChI=1S/C23H17N3O3S/c1-13-2-4-14(5-3-13)17-11-30-22-21(17)23(29)26(12-24-22)10-19(27)15-6-7-18-16(8-15)9-20(28)25-18/h2-8,11-12H,9-10H2,1H3,(H,25,28). The van der Waals surface area contributed by atoms with Gasteiger partial charge in [-0.1, -0.05) is 29.8 Å². The molecule has 0 bridgehead atoms. The molecule has 0 saturated heterocycles. The number of hydrogen-bond donors (Lipinski definition) is 1. The zero-order valence-corrected chi connectivity index (χ0v) is 17.0. The van der Waals surface area contributed by atoms with Crippen molar-refractivity contribution in [3.63, 3.8) is 0 Å². The van der Waals surface area contributed by atoms with Crippen molar-refractivity contribution in [2.24, 2.45) is 0 Å². The lowest BCUT2D eigenvalue weighted by molar-refractivity contribution is -0.115. The van der Waals surface area contributed by atoms with Gasteiger partial charge in [0.05, 0.1) is 24.7 Å². The van der Waals surface area contributed by atoms with Crippen LogP contribution in [0, 0.1) is 6.92 Å². The fourth-order valence-corrected chi connectivity index (χ4v) is 4.58. The summed E-state index contributed by atoms with van der Waals surface area (Å²) in [6, 6.07) is 13.1. The molecule has 4 aromatic rings. The molecule has 0 spiro atoms. The van der Waals surface area contributed by atoms with Crippen LogP contribution in [0.2, 0.25) is 0 Å². The van der Waals surface area contributed by atoms with Gasteiger partial charge in [0.1, 0.15) is 4.83 Å². The average molecular weight is 415 g/mol. The molecule has 30 heavy (non-hydrogen) atoms. The summed E-state index contributed by atoms with van der Waals surface area (Å²) >= 11 is 1.42. The van der Waals surface area contributed by atoms with Crippen LogP contribution in [-0.4, -0.2) is 21.2 Å². The molecule has 3 heterocycles. The molecular formula is C23H17N3O3S. The van der Waals surface area contributed by atoms with E-state index in [9.17, 15) is 14.4 Å². The normalized spacial score (nSPS) is 12.8. The van der Waals surface area contributed by atoms with E-state index in [0.717, 1.165) is 27.9 Å². The van der Waals surface area contributed by atoms with Crippen LogP contribution in [0.3, 0.4) is 0 Å². The van der Waals surface area contributed by atoms with Gasteiger partial charge >= 0.3 is 0 Å². The number of carbonyl (C=O) groups is 2. The minimum Gasteiger partial charge on any atom is -0.326 e. The summed E-state index contributed by atoms with van der Waals surface area (Å²) in [6.07, 6.45) is 1.69. The number of aromatic nitrogens is 2. The molecule has 6 nitrogen and oxygen atoms in total. The minimum absolute atomic E-state index is 0.0819. The molecule has 148 valence electrons. The number of anilines is 1. The van der Waals surface area contributed by atoms with Gasteiger partial charge in [-0.3, -0.25) is 19.0 Å². The van der Waals surface area contributed by atoms with E-state index in [-0.39, 0.29) is 30.2 Å². The van der Waals surface area contributed by atoms with Crippen LogP contribution in [0.1, 0.15) is 21.5 Å². The number of hydrogen-bond acceptors (Lipinski definition) is 5. The highest BCUT2D eigenvalue weighted by Gasteiger charge is 2.20. The number of nitrogens with one attached hydrogen (secondary N) is 1. The Morgan fingerprint density at radius 1 is 1.17 bits per heavy atom. The molecule has 7 heteroatoms. The summed E-state index contributed by atoms with van der Waals surface area (Å²) in [5.74, 6) is -0.283. The highest BCUT2D eigenvalue weighted by molar-refractivity contribution is 7.17. The van der Waals surface area contributed by atoms with E-state index in [1.807, 2.05) is 36.6 Å². The van der Waals surface area contributed by atoms with E-state index in [1.165, 1.54) is 22.2 Å². The first-order chi connectivity index (χ1) is 14.5. The first-order valence-corrected chi connectivity index (χ1v) is 10.4. The number of fused-ring (bicyclic) bond motifs is 2. The largest absolute Gasteiger partial charge is 0.326 e. The Labute approximate surface area is 175 Å². The van der Waals surface area contributed by atoms with Crippen molar-refractivity contribution in [2.75, 3.05) is 5.32 Å². The van der Waals surface area contributed by atoms with Crippen LogP contribution in [0.25, 0.3) is 21.3 Å². The second-order valence-corrected chi connectivity index (χ2v) is 8.25. The van der Waals surface area contributed by atoms with E-state index >= 15 is 0 Å². The van der Waals surface area contributed by atoms with Crippen molar-refractivity contribution in [1.82, 2.24) is 9.55 Å². The van der Waals surface area contributed by atoms with Gasteiger partial charge in [-0.15, -0.1) is 11.3 Å². The quantitative estimate of drug-likeness (QED) is 0.514. The first-order valence-electron chi connectivity index (χ1n) is 9.49. The number of aryl methyl sites for hydroxylation is 1. The molecule has 5 rings (SSSR count). The van der Waals surface area contributed by atoms with Crippen molar-refractivity contribution < 1.29 is 9.59 Å². The molecule has 2 aromatic carbocycles. The fraction of sp³-hybridized carbons (Fsp3) is 0.130. The molecule has 1 N–H and O–H groups in total. The van der Waals surface area contributed by atoms with Gasteiger partial charge in [-0.05, 0) is 36.2 Å². The van der Waals surface area contributed by atoms with Crippen LogP contribution in [-0.2, 0) is 17.8 Å². The highest BCUT2D eigenvalue weighted by Crippen LogP contribution is 2.30. The van der Waals surface area contributed by atoms with Crippen molar-refractivity contribution in [1.29, 1.82) is 0 Å². The van der Waals surface area contributed by atoms with Crippen molar-refractivity contribution in [3.05, 3.63) is 81.2 Å². The van der Waals surface area contributed by atoms with Gasteiger partial charge in [0.15, 0.2) is 5.78 Å². The third-order valence-corrected chi connectivity index (χ3v) is 6.18. The SMILES string of the molecule is Cc1ccc(-c2csc3ncn(CC(=O)c4ccc5c(c4)CC(=O)N5)c(=O)c23)cc1. The monoisotopic (exact) mass is 415 g/mol. The Morgan fingerprint density at radius 3 is 2.77 bits per heavy atom. The van der Waals surface area contributed by atoms with Crippen molar-refractivity contribution in [3.8, 4) is 11.1 Å². The predicted molar refractivity (Wildman–Crippen MR) is 117 cm³/mol. The molecule has 0 saturated carbocycles. The number of rotatable bonds is 4. The molecule has 0 fully saturated rings. The number of nitrogens with zero attached hydrogens (tertiary/aromatic N) is 2. The second kappa shape index (κ2) is 7.03. The van der Waals surface area contributed by atoms with Crippen LogP contribution >= 0.6 is 11.3 Å². The zero-order valence-electron chi connectivity index (χ0n) is 16.1. The molecule has 1 amide bonds. The lowest BCUT2D eigenvalue weighted by Gasteiger charge is -2.07. The Bertz CT molecular complexity index is 1380. The topological polar surface area (TPSA) is 81.1 Å². The number of Topliss-reactive ketones (excluding diaryl/α,β-unsaturated/α-hetero) is 1. The number of benzene rings is 2. The number of carbonyl (C=O) groups excluding carboxylic acids is 2. The van der Waals surface area contributed by atoms with Gasteiger partial charge in [0.2, 0.25) is 5.91 Å². The van der Waals surface area contributed by atoms with Gasteiger partial charge in [-0.2, -0.15) is 0 Å².